The maximum atomic E-state index is 12.1. The summed E-state index contributed by atoms with van der Waals surface area (Å²) >= 11 is 0. The lowest BCUT2D eigenvalue weighted by atomic mass is 9.62. The van der Waals surface area contributed by atoms with Crippen LogP contribution >= 0.6 is 0 Å². The number of nitrogen functional groups attached to an aromatic ring is 1. The van der Waals surface area contributed by atoms with Gasteiger partial charge in [0.05, 0.1) is 0 Å². The molecule has 1 saturated carbocycles. The lowest BCUT2D eigenvalue weighted by Crippen LogP contribution is -2.37. The predicted octanol–water partition coefficient (Wildman–Crippen LogP) is 3.08. The Hall–Kier alpha value is -1.57. The Kier molecular flexibility index (Phi) is 1.87. The predicted molar refractivity (Wildman–Crippen MR) is 71.5 cm³/mol. The molecule has 0 aromatic heterocycles. The first-order chi connectivity index (χ1) is 8.71. The lowest BCUT2D eigenvalue weighted by Gasteiger charge is -2.41. The molecule has 1 aromatic rings. The number of benzene rings is 1. The Balaban J connectivity index is 1.97. The van der Waals surface area contributed by atoms with Gasteiger partial charge in [0, 0.05) is 23.1 Å². The molecule has 1 fully saturated rings. The molecular formula is C16H17NO. The summed E-state index contributed by atoms with van der Waals surface area (Å²) in [4.78, 5) is 12.1. The van der Waals surface area contributed by atoms with Crippen LogP contribution in [0.15, 0.2) is 30.4 Å². The fraction of sp³-hybridized carbons (Fsp3) is 0.438. The Bertz CT molecular complexity index is 574. The van der Waals surface area contributed by atoms with Crippen LogP contribution in [0.4, 0.5) is 5.69 Å². The average Bonchev–Trinajstić information content (AvgIpc) is 2.95. The van der Waals surface area contributed by atoms with E-state index < -0.39 is 0 Å². The quantitative estimate of drug-likeness (QED) is 0.558. The summed E-state index contributed by atoms with van der Waals surface area (Å²) in [5, 5.41) is 0. The van der Waals surface area contributed by atoms with Gasteiger partial charge in [0.2, 0.25) is 0 Å². The molecule has 1 aromatic carbocycles. The van der Waals surface area contributed by atoms with Crippen LogP contribution in [0.1, 0.15) is 41.6 Å². The van der Waals surface area contributed by atoms with Crippen molar-refractivity contribution in [2.75, 3.05) is 5.73 Å². The zero-order valence-electron chi connectivity index (χ0n) is 10.4. The Morgan fingerprint density at radius 1 is 1.28 bits per heavy atom. The van der Waals surface area contributed by atoms with Gasteiger partial charge in [-0.05, 0) is 42.7 Å². The normalized spacial score (nSPS) is 36.3. The summed E-state index contributed by atoms with van der Waals surface area (Å²) in [6.07, 6.45) is 8.82. The minimum atomic E-state index is 0.161. The van der Waals surface area contributed by atoms with Crippen LogP contribution in [-0.2, 0) is 5.41 Å². The summed E-state index contributed by atoms with van der Waals surface area (Å²) in [6.45, 7) is 0. The van der Waals surface area contributed by atoms with Crippen LogP contribution in [0.3, 0.4) is 0 Å². The van der Waals surface area contributed by atoms with Crippen molar-refractivity contribution in [3.05, 3.63) is 41.5 Å². The summed E-state index contributed by atoms with van der Waals surface area (Å²) in [7, 11) is 0. The fourth-order valence-corrected chi connectivity index (χ4v) is 4.48. The standard InChI is InChI=1S/C16H17NO/c17-13-3-1-2-12-14(18)6-7-16(15(12)13)9-10-4-5-11(16)8-10/h1-5,10-11H,6-9,17H2. The van der Waals surface area contributed by atoms with Gasteiger partial charge in [-0.25, -0.2) is 0 Å². The van der Waals surface area contributed by atoms with Crippen molar-refractivity contribution in [2.24, 2.45) is 11.8 Å². The highest BCUT2D eigenvalue weighted by Crippen LogP contribution is 2.59. The summed E-state index contributed by atoms with van der Waals surface area (Å²) in [6, 6.07) is 5.83. The largest absolute Gasteiger partial charge is 0.398 e. The number of rotatable bonds is 0. The molecule has 3 aliphatic carbocycles. The van der Waals surface area contributed by atoms with Crippen molar-refractivity contribution in [3.8, 4) is 0 Å². The van der Waals surface area contributed by atoms with Crippen LogP contribution in [0.2, 0.25) is 0 Å². The molecule has 0 heterocycles. The molecule has 2 nitrogen and oxygen atoms in total. The maximum Gasteiger partial charge on any atom is 0.163 e. The molecular weight excluding hydrogens is 222 g/mol. The van der Waals surface area contributed by atoms with Crippen molar-refractivity contribution in [2.45, 2.75) is 31.1 Å². The van der Waals surface area contributed by atoms with Gasteiger partial charge in [-0.1, -0.05) is 24.3 Å². The van der Waals surface area contributed by atoms with E-state index in [4.69, 9.17) is 5.73 Å². The van der Waals surface area contributed by atoms with Crippen LogP contribution in [0.5, 0.6) is 0 Å². The van der Waals surface area contributed by atoms with E-state index in [0.717, 1.165) is 23.2 Å². The number of fused-ring (bicyclic) bond motifs is 5. The second kappa shape index (κ2) is 3.25. The molecule has 0 amide bonds. The van der Waals surface area contributed by atoms with Crippen molar-refractivity contribution >= 4 is 11.5 Å². The van der Waals surface area contributed by atoms with Gasteiger partial charge in [-0.3, -0.25) is 4.79 Å². The van der Waals surface area contributed by atoms with E-state index in [-0.39, 0.29) is 11.2 Å². The summed E-state index contributed by atoms with van der Waals surface area (Å²) < 4.78 is 0. The van der Waals surface area contributed by atoms with E-state index in [1.54, 1.807) is 0 Å². The molecule has 4 rings (SSSR count). The van der Waals surface area contributed by atoms with Gasteiger partial charge in [0.25, 0.3) is 0 Å². The third kappa shape index (κ3) is 1.11. The summed E-state index contributed by atoms with van der Waals surface area (Å²) in [5.74, 6) is 1.57. The monoisotopic (exact) mass is 239 g/mol. The Labute approximate surface area is 107 Å². The van der Waals surface area contributed by atoms with Gasteiger partial charge in [0.15, 0.2) is 5.78 Å². The molecule has 2 bridgehead atoms. The Morgan fingerprint density at radius 3 is 2.89 bits per heavy atom. The minimum absolute atomic E-state index is 0.161. The highest BCUT2D eigenvalue weighted by molar-refractivity contribution is 6.00. The molecule has 2 N–H and O–H groups in total. The van der Waals surface area contributed by atoms with Gasteiger partial charge in [-0.15, -0.1) is 0 Å². The second-order valence-corrected chi connectivity index (χ2v) is 6.04. The highest BCUT2D eigenvalue weighted by Gasteiger charge is 2.52. The van der Waals surface area contributed by atoms with E-state index in [2.05, 4.69) is 12.2 Å². The highest BCUT2D eigenvalue weighted by atomic mass is 16.1. The number of allylic oxidation sites excluding steroid dienone is 2. The third-order valence-electron chi connectivity index (χ3n) is 5.20. The first-order valence-electron chi connectivity index (χ1n) is 6.81. The van der Waals surface area contributed by atoms with Crippen molar-refractivity contribution < 1.29 is 4.79 Å². The fourth-order valence-electron chi connectivity index (χ4n) is 4.48. The number of carbonyl (C=O) groups excluding carboxylic acids is 1. The number of carbonyl (C=O) groups is 1. The van der Waals surface area contributed by atoms with Gasteiger partial charge in [-0.2, -0.15) is 0 Å². The zero-order chi connectivity index (χ0) is 12.3. The molecule has 0 saturated heterocycles. The minimum Gasteiger partial charge on any atom is -0.398 e. The van der Waals surface area contributed by atoms with Gasteiger partial charge < -0.3 is 5.73 Å². The number of nitrogens with two attached hydrogens (primary N) is 1. The van der Waals surface area contributed by atoms with Crippen LogP contribution in [-0.4, -0.2) is 5.78 Å². The molecule has 92 valence electrons. The first-order valence-corrected chi connectivity index (χ1v) is 6.81. The van der Waals surface area contributed by atoms with E-state index in [1.807, 2.05) is 18.2 Å². The van der Waals surface area contributed by atoms with Crippen molar-refractivity contribution in [3.63, 3.8) is 0 Å². The van der Waals surface area contributed by atoms with Crippen LogP contribution in [0.25, 0.3) is 0 Å². The van der Waals surface area contributed by atoms with Crippen LogP contribution < -0.4 is 5.73 Å². The summed E-state index contributed by atoms with van der Waals surface area (Å²) in [5.41, 5.74) is 9.25. The average molecular weight is 239 g/mol. The second-order valence-electron chi connectivity index (χ2n) is 6.04. The zero-order valence-corrected chi connectivity index (χ0v) is 10.4. The number of hydrogen-bond acceptors (Lipinski definition) is 2. The third-order valence-corrected chi connectivity index (χ3v) is 5.20. The molecule has 3 atom stereocenters. The van der Waals surface area contributed by atoms with Gasteiger partial charge >= 0.3 is 0 Å². The molecule has 1 spiro atoms. The van der Waals surface area contributed by atoms with E-state index in [0.29, 0.717) is 18.3 Å². The lowest BCUT2D eigenvalue weighted by molar-refractivity contribution is 0.0944. The first kappa shape index (κ1) is 10.4. The molecule has 0 aliphatic heterocycles. The number of ketones is 1. The topological polar surface area (TPSA) is 43.1 Å². The van der Waals surface area contributed by atoms with Crippen molar-refractivity contribution in [1.82, 2.24) is 0 Å². The SMILES string of the molecule is Nc1cccc2c1C1(CCC2=O)CC2C=CC1C2. The van der Waals surface area contributed by atoms with Crippen LogP contribution in [0, 0.1) is 11.8 Å². The molecule has 3 unspecified atom stereocenters. The van der Waals surface area contributed by atoms with Crippen molar-refractivity contribution in [1.29, 1.82) is 0 Å². The Morgan fingerprint density at radius 2 is 2.17 bits per heavy atom. The molecule has 2 heteroatoms. The number of anilines is 1. The van der Waals surface area contributed by atoms with E-state index >= 15 is 0 Å². The maximum absolute atomic E-state index is 12.1. The molecule has 0 radical (unpaired) electrons. The number of hydrogen-bond donors (Lipinski definition) is 1. The number of Topliss-reactive ketones (excluding diaryl/α,β-unsaturated/α-hetero) is 1. The van der Waals surface area contributed by atoms with Gasteiger partial charge in [0.1, 0.15) is 0 Å². The molecule has 18 heavy (non-hydrogen) atoms. The molecule has 3 aliphatic rings. The smallest absolute Gasteiger partial charge is 0.163 e. The van der Waals surface area contributed by atoms with E-state index in [9.17, 15) is 4.79 Å². The van der Waals surface area contributed by atoms with E-state index in [1.165, 1.54) is 12.8 Å².